The summed E-state index contributed by atoms with van der Waals surface area (Å²) in [6, 6.07) is 13.2. The summed E-state index contributed by atoms with van der Waals surface area (Å²) in [5, 5.41) is 2.75. The highest BCUT2D eigenvalue weighted by Crippen LogP contribution is 2.36. The van der Waals surface area contributed by atoms with Crippen LogP contribution in [0.4, 0.5) is 5.69 Å². The molecule has 1 aliphatic heterocycles. The molecular weight excluding hydrogens is 506 g/mol. The number of carbonyl (C=O) groups is 2. The van der Waals surface area contributed by atoms with Crippen LogP contribution in [0.5, 0.6) is 0 Å². The Hall–Kier alpha value is -2.36. The van der Waals surface area contributed by atoms with Gasteiger partial charge in [-0.2, -0.15) is 8.42 Å². The number of nitrogens with one attached hydrogen (secondary N) is 1. The molecule has 0 radical (unpaired) electrons. The van der Waals surface area contributed by atoms with Gasteiger partial charge in [0, 0.05) is 23.2 Å². The molecular formula is C25H28ClN3O4S2. The van der Waals surface area contributed by atoms with Gasteiger partial charge in [0.1, 0.15) is 5.25 Å². The van der Waals surface area contributed by atoms with E-state index in [9.17, 15) is 18.0 Å². The number of aryl methyl sites for hydroxylation is 1. The van der Waals surface area contributed by atoms with Gasteiger partial charge in [-0.1, -0.05) is 61.7 Å². The lowest BCUT2D eigenvalue weighted by Gasteiger charge is -2.30. The van der Waals surface area contributed by atoms with Crippen molar-refractivity contribution >= 4 is 56.1 Å². The normalized spacial score (nSPS) is 20.4. The van der Waals surface area contributed by atoms with Crippen LogP contribution in [0, 0.1) is 0 Å². The molecule has 7 nitrogen and oxygen atoms in total. The molecule has 1 aliphatic carbocycles. The lowest BCUT2D eigenvalue weighted by atomic mass is 9.94. The summed E-state index contributed by atoms with van der Waals surface area (Å²) >= 11 is 6.95. The summed E-state index contributed by atoms with van der Waals surface area (Å²) in [6.45, 7) is 2.00. The number of carbonyl (C=O) groups excluding carboxylic acids is 2. The summed E-state index contributed by atoms with van der Waals surface area (Å²) in [5.74, 6) is -0.593. The number of sulfonamides is 1. The summed E-state index contributed by atoms with van der Waals surface area (Å²) < 4.78 is 30.3. The molecule has 0 spiro atoms. The number of benzene rings is 2. The topological polar surface area (TPSA) is 95.9 Å². The molecule has 1 saturated heterocycles. The smallest absolute Gasteiger partial charge is 0.284 e. The van der Waals surface area contributed by atoms with Crippen LogP contribution in [-0.4, -0.2) is 41.6 Å². The Morgan fingerprint density at radius 3 is 2.37 bits per heavy atom. The molecule has 0 aromatic heterocycles. The minimum absolute atomic E-state index is 0.0837. The van der Waals surface area contributed by atoms with Gasteiger partial charge in [0.15, 0.2) is 5.17 Å². The summed E-state index contributed by atoms with van der Waals surface area (Å²) in [7, 11) is -4.01. The highest BCUT2D eigenvalue weighted by atomic mass is 35.5. The maximum Gasteiger partial charge on any atom is 0.284 e. The van der Waals surface area contributed by atoms with Crippen molar-refractivity contribution in [3.8, 4) is 0 Å². The largest absolute Gasteiger partial charge is 0.326 e. The third kappa shape index (κ3) is 6.26. The van der Waals surface area contributed by atoms with Crippen molar-refractivity contribution in [3.63, 3.8) is 0 Å². The molecule has 2 amide bonds. The average Bonchev–Trinajstić information content (AvgIpc) is 3.14. The standard InChI is InChI=1S/C25H28ClN3O4S2/c1-2-17-8-14-21(15-9-17)35(32,33)28-25-29(20-6-4-3-5-7-20)24(31)22(34-25)16-23(30)27-19-12-10-18(26)11-13-19/h8-15,20,22H,2-7,16H2,1H3,(H,27,30)/b28-25+. The first kappa shape index (κ1) is 25.7. The number of thioether (sulfide) groups is 1. The molecule has 1 atom stereocenters. The molecule has 2 aromatic rings. The molecule has 1 saturated carbocycles. The number of anilines is 1. The van der Waals surface area contributed by atoms with Crippen LogP contribution in [0.3, 0.4) is 0 Å². The van der Waals surface area contributed by atoms with Crippen LogP contribution in [0.25, 0.3) is 0 Å². The van der Waals surface area contributed by atoms with E-state index in [4.69, 9.17) is 11.6 Å². The van der Waals surface area contributed by atoms with Crippen LogP contribution >= 0.6 is 23.4 Å². The van der Waals surface area contributed by atoms with E-state index in [1.165, 1.54) is 4.90 Å². The van der Waals surface area contributed by atoms with Crippen molar-refractivity contribution < 1.29 is 18.0 Å². The number of hydrogen-bond donors (Lipinski definition) is 1. The Kier molecular flexibility index (Phi) is 8.19. The van der Waals surface area contributed by atoms with Crippen LogP contribution in [0.1, 0.15) is 51.0 Å². The first-order chi connectivity index (χ1) is 16.8. The third-order valence-corrected chi connectivity index (χ3v) is 9.03. The van der Waals surface area contributed by atoms with E-state index < -0.39 is 15.3 Å². The fourth-order valence-corrected chi connectivity index (χ4v) is 6.85. The predicted octanol–water partition coefficient (Wildman–Crippen LogP) is 5.25. The van der Waals surface area contributed by atoms with E-state index in [1.54, 1.807) is 48.5 Å². The molecule has 1 N–H and O–H groups in total. The van der Waals surface area contributed by atoms with E-state index >= 15 is 0 Å². The van der Waals surface area contributed by atoms with Crippen LogP contribution in [0.15, 0.2) is 57.8 Å². The van der Waals surface area contributed by atoms with E-state index in [2.05, 4.69) is 9.71 Å². The number of halogens is 1. The van der Waals surface area contributed by atoms with Crippen LogP contribution in [0.2, 0.25) is 5.02 Å². The molecule has 2 aliphatic rings. The zero-order chi connectivity index (χ0) is 25.0. The molecule has 35 heavy (non-hydrogen) atoms. The van der Waals surface area contributed by atoms with Gasteiger partial charge in [-0.3, -0.25) is 14.5 Å². The van der Waals surface area contributed by atoms with Crippen molar-refractivity contribution in [2.45, 2.75) is 68.1 Å². The highest BCUT2D eigenvalue weighted by Gasteiger charge is 2.43. The fraction of sp³-hybridized carbons (Fsp3) is 0.400. The maximum absolute atomic E-state index is 13.4. The molecule has 2 fully saturated rings. The highest BCUT2D eigenvalue weighted by molar-refractivity contribution is 8.16. The molecule has 2 aromatic carbocycles. The molecule has 186 valence electrons. The first-order valence-electron chi connectivity index (χ1n) is 11.8. The Bertz CT molecular complexity index is 1210. The third-order valence-electron chi connectivity index (χ3n) is 6.23. The van der Waals surface area contributed by atoms with Crippen molar-refractivity contribution in [1.29, 1.82) is 0 Å². The number of rotatable bonds is 7. The van der Waals surface area contributed by atoms with Crippen molar-refractivity contribution in [2.24, 2.45) is 4.40 Å². The molecule has 4 rings (SSSR count). The number of amides is 2. The van der Waals surface area contributed by atoms with Gasteiger partial charge in [0.2, 0.25) is 11.8 Å². The zero-order valence-electron chi connectivity index (χ0n) is 19.4. The minimum atomic E-state index is -4.01. The molecule has 0 bridgehead atoms. The SMILES string of the molecule is CCc1ccc(S(=O)(=O)/N=C2/SC(CC(=O)Nc3ccc(Cl)cc3)C(=O)N2C2CCCCC2)cc1. The summed E-state index contributed by atoms with van der Waals surface area (Å²) in [6.07, 6.45) is 5.33. The van der Waals surface area contributed by atoms with Crippen molar-refractivity contribution in [3.05, 3.63) is 59.1 Å². The predicted molar refractivity (Wildman–Crippen MR) is 140 cm³/mol. The number of nitrogens with zero attached hydrogens (tertiary/aromatic N) is 2. The van der Waals surface area contributed by atoms with Crippen molar-refractivity contribution in [2.75, 3.05) is 5.32 Å². The van der Waals surface area contributed by atoms with Crippen LogP contribution < -0.4 is 5.32 Å². The number of amidine groups is 1. The van der Waals surface area contributed by atoms with Gasteiger partial charge in [0.25, 0.3) is 10.0 Å². The Morgan fingerprint density at radius 1 is 1.09 bits per heavy atom. The Morgan fingerprint density at radius 2 is 1.74 bits per heavy atom. The van der Waals surface area contributed by atoms with Crippen molar-refractivity contribution in [1.82, 2.24) is 4.90 Å². The zero-order valence-corrected chi connectivity index (χ0v) is 21.8. The monoisotopic (exact) mass is 533 g/mol. The second-order valence-electron chi connectivity index (χ2n) is 8.71. The average molecular weight is 534 g/mol. The molecule has 1 heterocycles. The maximum atomic E-state index is 13.4. The first-order valence-corrected chi connectivity index (χ1v) is 14.5. The van der Waals surface area contributed by atoms with E-state index in [0.29, 0.717) is 10.7 Å². The summed E-state index contributed by atoms with van der Waals surface area (Å²) in [5.41, 5.74) is 1.60. The lowest BCUT2D eigenvalue weighted by molar-refractivity contribution is -0.130. The van der Waals surface area contributed by atoms with Gasteiger partial charge < -0.3 is 5.32 Å². The van der Waals surface area contributed by atoms with E-state index in [0.717, 1.165) is 55.9 Å². The van der Waals surface area contributed by atoms with E-state index in [-0.39, 0.29) is 34.3 Å². The lowest BCUT2D eigenvalue weighted by Crippen LogP contribution is -2.42. The van der Waals surface area contributed by atoms with Gasteiger partial charge in [0.05, 0.1) is 4.90 Å². The minimum Gasteiger partial charge on any atom is -0.326 e. The molecule has 1 unspecified atom stereocenters. The van der Waals surface area contributed by atoms with Gasteiger partial charge in [-0.15, -0.1) is 4.40 Å². The van der Waals surface area contributed by atoms with Gasteiger partial charge in [-0.05, 0) is 61.2 Å². The fourth-order valence-electron chi connectivity index (χ4n) is 4.32. The number of hydrogen-bond acceptors (Lipinski definition) is 5. The molecule has 10 heteroatoms. The summed E-state index contributed by atoms with van der Waals surface area (Å²) in [4.78, 5) is 27.7. The Labute approximate surface area is 215 Å². The van der Waals surface area contributed by atoms with Gasteiger partial charge in [-0.25, -0.2) is 0 Å². The quantitative estimate of drug-likeness (QED) is 0.524. The Balaban J connectivity index is 1.57. The van der Waals surface area contributed by atoms with Crippen LogP contribution in [-0.2, 0) is 26.0 Å². The van der Waals surface area contributed by atoms with Gasteiger partial charge >= 0.3 is 0 Å². The second-order valence-corrected chi connectivity index (χ2v) is 11.9. The second kappa shape index (κ2) is 11.1. The van der Waals surface area contributed by atoms with E-state index in [1.807, 2.05) is 6.92 Å².